The maximum absolute atomic E-state index is 12.6. The molecule has 0 saturated heterocycles. The van der Waals surface area contributed by atoms with Gasteiger partial charge in [-0.25, -0.2) is 0 Å². The number of aliphatic imine (C=N–C) groups is 1. The minimum absolute atomic E-state index is 0.185. The van der Waals surface area contributed by atoms with Crippen LogP contribution >= 0.6 is 0 Å². The average molecular weight is 537 g/mol. The van der Waals surface area contributed by atoms with Gasteiger partial charge in [0.05, 0.1) is 0 Å². The predicted octanol–water partition coefficient (Wildman–Crippen LogP) is 2.92. The molecule has 1 saturated carbocycles. The van der Waals surface area contributed by atoms with E-state index in [0.717, 1.165) is 0 Å². The van der Waals surface area contributed by atoms with Gasteiger partial charge in [-0.1, -0.05) is 24.3 Å². The topological polar surface area (TPSA) is 159 Å². The molecule has 3 N–H and O–H groups in total. The SMILES string of the molecule is CCN=C1CCC2=C(c3ccccc3C=O)C3=C(OC2C1S(=O)(=O)O)C(S(=O)(=O)O)=C(NCC)CC3. The summed E-state index contributed by atoms with van der Waals surface area (Å²) < 4.78 is 76.9. The van der Waals surface area contributed by atoms with Crippen molar-refractivity contribution in [2.24, 2.45) is 4.99 Å². The summed E-state index contributed by atoms with van der Waals surface area (Å²) in [6, 6.07) is 6.72. The standard InChI is InChI=1S/C24H28N2O8S2/c1-3-25-18-11-9-16-20(15-8-6-5-7-14(15)13-27)17-10-12-19(26-4-2)24(36(31,32)33)22(17)34-21(16)23(18)35(28,29)30/h5-8,13,21,23,26H,3-4,9-12H2,1-2H3,(H,28,29,30)(H,31,32,33). The lowest BCUT2D eigenvalue weighted by Gasteiger charge is -2.41. The average Bonchev–Trinajstić information content (AvgIpc) is 2.81. The van der Waals surface area contributed by atoms with Crippen LogP contribution in [0.25, 0.3) is 5.57 Å². The van der Waals surface area contributed by atoms with Crippen molar-refractivity contribution < 1.29 is 35.5 Å². The van der Waals surface area contributed by atoms with E-state index in [4.69, 9.17) is 4.74 Å². The first-order chi connectivity index (χ1) is 17.0. The summed E-state index contributed by atoms with van der Waals surface area (Å²) in [5, 5.41) is 1.39. The molecule has 1 aromatic carbocycles. The molecule has 10 nitrogen and oxygen atoms in total. The van der Waals surface area contributed by atoms with Crippen LogP contribution in [0.3, 0.4) is 0 Å². The highest BCUT2D eigenvalue weighted by Crippen LogP contribution is 2.49. The Morgan fingerprint density at radius 1 is 1.08 bits per heavy atom. The third kappa shape index (κ3) is 4.65. The van der Waals surface area contributed by atoms with Crippen molar-refractivity contribution in [2.75, 3.05) is 13.1 Å². The fourth-order valence-electron chi connectivity index (χ4n) is 5.26. The molecule has 4 rings (SSSR count). The van der Waals surface area contributed by atoms with E-state index in [1.165, 1.54) is 0 Å². The second-order valence-corrected chi connectivity index (χ2v) is 11.6. The normalized spacial score (nSPS) is 23.8. The second-order valence-electron chi connectivity index (χ2n) is 8.67. The number of ether oxygens (including phenoxy) is 1. The molecule has 0 bridgehead atoms. The Morgan fingerprint density at radius 3 is 2.42 bits per heavy atom. The van der Waals surface area contributed by atoms with Crippen LogP contribution in [0.1, 0.15) is 55.5 Å². The van der Waals surface area contributed by atoms with Crippen LogP contribution in [0.5, 0.6) is 0 Å². The quantitative estimate of drug-likeness (QED) is 0.352. The summed E-state index contributed by atoms with van der Waals surface area (Å²) in [6.07, 6.45) is 0.520. The lowest BCUT2D eigenvalue weighted by molar-refractivity contribution is 0.112. The van der Waals surface area contributed by atoms with E-state index in [-0.39, 0.29) is 36.6 Å². The number of carbonyl (C=O) groups is 1. The van der Waals surface area contributed by atoms with Gasteiger partial charge in [0.15, 0.2) is 16.4 Å². The summed E-state index contributed by atoms with van der Waals surface area (Å²) >= 11 is 0. The van der Waals surface area contributed by atoms with Gasteiger partial charge in [0, 0.05) is 35.6 Å². The fourth-order valence-corrected chi connectivity index (χ4v) is 7.22. The first-order valence-corrected chi connectivity index (χ1v) is 14.6. The van der Waals surface area contributed by atoms with Crippen LogP contribution in [0.2, 0.25) is 0 Å². The summed E-state index contributed by atoms with van der Waals surface area (Å²) in [6.45, 7) is 4.16. The molecular weight excluding hydrogens is 508 g/mol. The summed E-state index contributed by atoms with van der Waals surface area (Å²) in [7, 11) is -9.53. The molecular formula is C24H28N2O8S2. The molecule has 1 aromatic rings. The Balaban J connectivity index is 2.09. The Labute approximate surface area is 210 Å². The summed E-state index contributed by atoms with van der Waals surface area (Å²) in [5.41, 5.74) is 2.78. The molecule has 194 valence electrons. The third-order valence-electron chi connectivity index (χ3n) is 6.53. The third-order valence-corrected chi connectivity index (χ3v) is 8.64. The zero-order chi connectivity index (χ0) is 26.3. The smallest absolute Gasteiger partial charge is 0.299 e. The van der Waals surface area contributed by atoms with E-state index in [9.17, 15) is 30.7 Å². The number of rotatable bonds is 7. The number of hydrogen-bond acceptors (Lipinski definition) is 8. The van der Waals surface area contributed by atoms with Crippen molar-refractivity contribution in [3.63, 3.8) is 0 Å². The van der Waals surface area contributed by atoms with Crippen LogP contribution in [0, 0.1) is 0 Å². The minimum atomic E-state index is -4.80. The number of nitrogens with one attached hydrogen (secondary N) is 1. The van der Waals surface area contributed by atoms with Crippen LogP contribution < -0.4 is 5.32 Å². The molecule has 1 heterocycles. The molecule has 0 radical (unpaired) electrons. The van der Waals surface area contributed by atoms with E-state index in [1.54, 1.807) is 38.1 Å². The molecule has 0 aromatic heterocycles. The summed E-state index contributed by atoms with van der Waals surface area (Å²) in [4.78, 5) is 15.7. The van der Waals surface area contributed by atoms with Gasteiger partial charge in [-0.2, -0.15) is 16.8 Å². The summed E-state index contributed by atoms with van der Waals surface area (Å²) in [5.74, 6) is -0.185. The molecule has 0 amide bonds. The van der Waals surface area contributed by atoms with Gasteiger partial charge in [-0.15, -0.1) is 0 Å². The van der Waals surface area contributed by atoms with E-state index < -0.39 is 36.5 Å². The van der Waals surface area contributed by atoms with E-state index in [1.807, 2.05) is 0 Å². The Kier molecular flexibility index (Phi) is 7.24. The Hall–Kier alpha value is -2.80. The highest BCUT2D eigenvalue weighted by Gasteiger charge is 2.49. The first-order valence-electron chi connectivity index (χ1n) is 11.6. The molecule has 3 aliphatic rings. The molecule has 1 fully saturated rings. The van der Waals surface area contributed by atoms with Gasteiger partial charge in [0.25, 0.3) is 20.2 Å². The van der Waals surface area contributed by atoms with Crippen molar-refractivity contribution in [3.05, 3.63) is 62.9 Å². The maximum Gasteiger partial charge on any atom is 0.299 e. The van der Waals surface area contributed by atoms with E-state index in [0.29, 0.717) is 53.5 Å². The monoisotopic (exact) mass is 536 g/mol. The maximum atomic E-state index is 12.6. The molecule has 1 aliphatic heterocycles. The van der Waals surface area contributed by atoms with Gasteiger partial charge in [-0.3, -0.25) is 18.9 Å². The zero-order valence-corrected chi connectivity index (χ0v) is 21.5. The van der Waals surface area contributed by atoms with Crippen LogP contribution in [-0.2, 0) is 25.0 Å². The van der Waals surface area contributed by atoms with Crippen molar-refractivity contribution in [1.82, 2.24) is 5.32 Å². The number of hydrogen-bond donors (Lipinski definition) is 3. The fraction of sp³-hybridized carbons (Fsp3) is 0.417. The number of nitrogens with zero attached hydrogens (tertiary/aromatic N) is 1. The number of fused-ring (bicyclic) bond motifs is 1. The number of aldehydes is 1. The van der Waals surface area contributed by atoms with E-state index in [2.05, 4.69) is 10.3 Å². The highest BCUT2D eigenvalue weighted by atomic mass is 32.2. The van der Waals surface area contributed by atoms with Gasteiger partial charge >= 0.3 is 0 Å². The van der Waals surface area contributed by atoms with Crippen molar-refractivity contribution >= 4 is 37.8 Å². The van der Waals surface area contributed by atoms with Gasteiger partial charge in [0.2, 0.25) is 0 Å². The highest BCUT2D eigenvalue weighted by molar-refractivity contribution is 7.90. The molecule has 12 heteroatoms. The predicted molar refractivity (Wildman–Crippen MR) is 135 cm³/mol. The number of carbonyl (C=O) groups excluding carboxylic acids is 1. The Morgan fingerprint density at radius 2 is 1.81 bits per heavy atom. The molecule has 36 heavy (non-hydrogen) atoms. The molecule has 2 aliphatic carbocycles. The lowest BCUT2D eigenvalue weighted by Crippen LogP contribution is -2.48. The minimum Gasteiger partial charge on any atom is -0.482 e. The van der Waals surface area contributed by atoms with Gasteiger partial charge in [0.1, 0.15) is 11.9 Å². The van der Waals surface area contributed by atoms with Crippen molar-refractivity contribution in [1.29, 1.82) is 0 Å². The lowest BCUT2D eigenvalue weighted by atomic mass is 9.77. The van der Waals surface area contributed by atoms with Crippen LogP contribution in [0.15, 0.2) is 56.8 Å². The molecule has 2 unspecified atom stereocenters. The van der Waals surface area contributed by atoms with Crippen LogP contribution in [-0.4, -0.2) is 62.4 Å². The van der Waals surface area contributed by atoms with Gasteiger partial charge in [-0.05, 0) is 56.2 Å². The molecule has 0 spiro atoms. The number of allylic oxidation sites excluding steroid dienone is 3. The zero-order valence-electron chi connectivity index (χ0n) is 19.9. The van der Waals surface area contributed by atoms with Crippen molar-refractivity contribution in [2.45, 2.75) is 50.9 Å². The number of benzene rings is 1. The Bertz CT molecular complexity index is 1440. The second kappa shape index (κ2) is 9.92. The first kappa shape index (κ1) is 26.3. The van der Waals surface area contributed by atoms with Crippen molar-refractivity contribution in [3.8, 4) is 0 Å². The molecule has 2 atom stereocenters. The largest absolute Gasteiger partial charge is 0.482 e. The van der Waals surface area contributed by atoms with Crippen LogP contribution in [0.4, 0.5) is 0 Å². The van der Waals surface area contributed by atoms with Gasteiger partial charge < -0.3 is 10.1 Å². The van der Waals surface area contributed by atoms with E-state index >= 15 is 0 Å².